The molecule has 1 aromatic heterocycles. The van der Waals surface area contributed by atoms with Gasteiger partial charge in [-0.05, 0) is 65.8 Å². The zero-order valence-corrected chi connectivity index (χ0v) is 19.1. The van der Waals surface area contributed by atoms with Crippen molar-refractivity contribution in [2.75, 3.05) is 11.3 Å². The molecule has 0 aliphatic rings. The van der Waals surface area contributed by atoms with Crippen LogP contribution in [0.5, 0.6) is 0 Å². The van der Waals surface area contributed by atoms with Crippen LogP contribution >= 0.6 is 11.3 Å². The number of rotatable bonds is 6. The number of esters is 1. The predicted molar refractivity (Wildman–Crippen MR) is 123 cm³/mol. The average molecular weight is 444 g/mol. The number of ether oxygens (including phenoxy) is 1. The summed E-state index contributed by atoms with van der Waals surface area (Å²) >= 11 is 1.51. The molecule has 7 heteroatoms. The Kier molecular flexibility index (Phi) is 6.33. The first kappa shape index (κ1) is 22.1. The summed E-state index contributed by atoms with van der Waals surface area (Å²) in [5, 5.41) is 0.895. The van der Waals surface area contributed by atoms with Crippen molar-refractivity contribution >= 4 is 49.2 Å². The maximum absolute atomic E-state index is 12.8. The average Bonchev–Trinajstić information content (AvgIpc) is 3.08. The first-order valence-corrected chi connectivity index (χ1v) is 11.9. The van der Waals surface area contributed by atoms with Crippen molar-refractivity contribution in [2.24, 2.45) is 0 Å². The molecule has 30 heavy (non-hydrogen) atoms. The molecule has 0 aliphatic heterocycles. The molecule has 0 fully saturated rings. The molecular weight excluding hydrogens is 418 g/mol. The number of benzene rings is 2. The van der Waals surface area contributed by atoms with Crippen molar-refractivity contribution in [2.45, 2.75) is 38.0 Å². The molecule has 3 rings (SSSR count). The van der Waals surface area contributed by atoms with Gasteiger partial charge in [0.1, 0.15) is 0 Å². The van der Waals surface area contributed by atoms with Gasteiger partial charge in [0.15, 0.2) is 0 Å². The van der Waals surface area contributed by atoms with E-state index in [0.717, 1.165) is 20.5 Å². The third-order valence-electron chi connectivity index (χ3n) is 4.49. The zero-order chi connectivity index (χ0) is 21.9. The largest absolute Gasteiger partial charge is 0.463 e. The second kappa shape index (κ2) is 8.62. The molecule has 5 nitrogen and oxygen atoms in total. The number of carbonyl (C=O) groups is 1. The van der Waals surface area contributed by atoms with Gasteiger partial charge in [0.2, 0.25) is 0 Å². The fraction of sp³-hybridized carbons (Fsp3) is 0.261. The molecule has 2 aromatic carbocycles. The highest BCUT2D eigenvalue weighted by atomic mass is 32.2. The highest BCUT2D eigenvalue weighted by Crippen LogP contribution is 2.30. The maximum Gasteiger partial charge on any atom is 0.330 e. The summed E-state index contributed by atoms with van der Waals surface area (Å²) in [5.74, 6) is -0.388. The number of nitrogens with one attached hydrogen (secondary N) is 1. The van der Waals surface area contributed by atoms with Crippen molar-refractivity contribution in [3.8, 4) is 0 Å². The third kappa shape index (κ3) is 5.29. The molecule has 0 amide bonds. The van der Waals surface area contributed by atoms with Gasteiger partial charge in [-0.15, -0.1) is 11.3 Å². The first-order chi connectivity index (χ1) is 14.1. The quantitative estimate of drug-likeness (QED) is 0.399. The minimum atomic E-state index is -3.69. The van der Waals surface area contributed by atoms with Crippen LogP contribution in [0.15, 0.2) is 59.5 Å². The van der Waals surface area contributed by atoms with Crippen LogP contribution in [0.2, 0.25) is 0 Å². The Bertz CT molecular complexity index is 1180. The summed E-state index contributed by atoms with van der Waals surface area (Å²) in [7, 11) is -3.69. The van der Waals surface area contributed by atoms with Gasteiger partial charge in [-0.2, -0.15) is 0 Å². The van der Waals surface area contributed by atoms with E-state index in [4.69, 9.17) is 4.74 Å². The van der Waals surface area contributed by atoms with Gasteiger partial charge < -0.3 is 4.74 Å². The number of anilines is 1. The van der Waals surface area contributed by atoms with Crippen molar-refractivity contribution in [1.29, 1.82) is 0 Å². The zero-order valence-electron chi connectivity index (χ0n) is 17.4. The Balaban J connectivity index is 1.80. The summed E-state index contributed by atoms with van der Waals surface area (Å²) in [6.07, 6.45) is 3.09. The van der Waals surface area contributed by atoms with Gasteiger partial charge in [0.05, 0.1) is 11.5 Å². The molecule has 158 valence electrons. The lowest BCUT2D eigenvalue weighted by atomic mass is 9.87. The van der Waals surface area contributed by atoms with Crippen molar-refractivity contribution in [3.05, 3.63) is 65.0 Å². The van der Waals surface area contributed by atoms with E-state index in [1.807, 2.05) is 24.3 Å². The number of fused-ring (bicyclic) bond motifs is 1. The molecule has 0 saturated carbocycles. The highest BCUT2D eigenvalue weighted by Gasteiger charge is 2.18. The van der Waals surface area contributed by atoms with Crippen LogP contribution in [0.4, 0.5) is 5.69 Å². The van der Waals surface area contributed by atoms with Crippen LogP contribution in [-0.2, 0) is 25.0 Å². The molecule has 0 unspecified atom stereocenters. The Morgan fingerprint density at radius 3 is 2.43 bits per heavy atom. The minimum Gasteiger partial charge on any atom is -0.463 e. The standard InChI is InChI=1S/C23H25NO4S2/c1-5-28-22(25)13-9-19-15-16-14-18(8-12-21(16)29-19)24-30(26,27)20-10-6-17(7-11-20)23(2,3)4/h6-15,24H,5H2,1-4H3/b13-9+. The molecule has 0 spiro atoms. The van der Waals surface area contributed by atoms with Crippen molar-refractivity contribution in [3.63, 3.8) is 0 Å². The van der Waals surface area contributed by atoms with E-state index in [9.17, 15) is 13.2 Å². The van der Waals surface area contributed by atoms with E-state index in [0.29, 0.717) is 12.3 Å². The number of hydrogen-bond donors (Lipinski definition) is 1. The van der Waals surface area contributed by atoms with Gasteiger partial charge in [-0.25, -0.2) is 13.2 Å². The fourth-order valence-corrected chi connectivity index (χ4v) is 4.90. The van der Waals surface area contributed by atoms with E-state index in [2.05, 4.69) is 25.5 Å². The molecule has 0 atom stereocenters. The second-order valence-corrected chi connectivity index (χ2v) is 10.7. The monoisotopic (exact) mass is 443 g/mol. The van der Waals surface area contributed by atoms with Crippen LogP contribution in [0, 0.1) is 0 Å². The summed E-state index contributed by atoms with van der Waals surface area (Å²) in [6.45, 7) is 8.34. The number of hydrogen-bond acceptors (Lipinski definition) is 5. The Labute approximate surface area is 181 Å². The summed E-state index contributed by atoms with van der Waals surface area (Å²) < 4.78 is 34.1. The lowest BCUT2D eigenvalue weighted by molar-refractivity contribution is -0.137. The van der Waals surface area contributed by atoms with E-state index in [1.54, 1.807) is 37.3 Å². The molecule has 0 aliphatic carbocycles. The van der Waals surface area contributed by atoms with Gasteiger partial charge in [-0.1, -0.05) is 32.9 Å². The van der Waals surface area contributed by atoms with Crippen LogP contribution in [0.25, 0.3) is 16.2 Å². The topological polar surface area (TPSA) is 72.5 Å². The van der Waals surface area contributed by atoms with Gasteiger partial charge in [-0.3, -0.25) is 4.72 Å². The van der Waals surface area contributed by atoms with Crippen molar-refractivity contribution < 1.29 is 17.9 Å². The molecule has 1 heterocycles. The van der Waals surface area contributed by atoms with E-state index in [-0.39, 0.29) is 16.3 Å². The summed E-state index contributed by atoms with van der Waals surface area (Å²) in [6, 6.07) is 14.2. The lowest BCUT2D eigenvalue weighted by Crippen LogP contribution is -2.14. The van der Waals surface area contributed by atoms with Gasteiger partial charge >= 0.3 is 5.97 Å². The van der Waals surface area contributed by atoms with E-state index < -0.39 is 10.0 Å². The van der Waals surface area contributed by atoms with E-state index >= 15 is 0 Å². The molecule has 0 bridgehead atoms. The molecule has 3 aromatic rings. The Hall–Kier alpha value is -2.64. The normalized spacial score (nSPS) is 12.4. The van der Waals surface area contributed by atoms with Crippen LogP contribution in [-0.4, -0.2) is 21.0 Å². The fourth-order valence-electron chi connectivity index (χ4n) is 2.90. The summed E-state index contributed by atoms with van der Waals surface area (Å²) in [4.78, 5) is 12.6. The van der Waals surface area contributed by atoms with Crippen molar-refractivity contribution in [1.82, 2.24) is 0 Å². The molecular formula is C23H25NO4S2. The third-order valence-corrected chi connectivity index (χ3v) is 6.97. The molecule has 0 saturated heterocycles. The Morgan fingerprint density at radius 2 is 1.80 bits per heavy atom. The predicted octanol–water partition coefficient (Wildman–Crippen LogP) is 5.58. The number of sulfonamides is 1. The lowest BCUT2D eigenvalue weighted by Gasteiger charge is -2.19. The highest BCUT2D eigenvalue weighted by molar-refractivity contribution is 7.92. The van der Waals surface area contributed by atoms with Gasteiger partial charge in [0, 0.05) is 21.3 Å². The van der Waals surface area contributed by atoms with Gasteiger partial charge in [0.25, 0.3) is 10.0 Å². The Morgan fingerprint density at radius 1 is 1.10 bits per heavy atom. The SMILES string of the molecule is CCOC(=O)/C=C/c1cc2cc(NS(=O)(=O)c3ccc(C(C)(C)C)cc3)ccc2s1. The van der Waals surface area contributed by atoms with Crippen LogP contribution in [0.1, 0.15) is 38.1 Å². The summed E-state index contributed by atoms with van der Waals surface area (Å²) in [5.41, 5.74) is 1.52. The van der Waals surface area contributed by atoms with Crippen LogP contribution < -0.4 is 4.72 Å². The van der Waals surface area contributed by atoms with Crippen LogP contribution in [0.3, 0.4) is 0 Å². The molecule has 0 radical (unpaired) electrons. The van der Waals surface area contributed by atoms with E-state index in [1.165, 1.54) is 17.4 Å². The maximum atomic E-state index is 12.8. The number of thiophene rings is 1. The second-order valence-electron chi connectivity index (χ2n) is 7.87. The smallest absolute Gasteiger partial charge is 0.330 e. The minimum absolute atomic E-state index is 0.0425. The molecule has 1 N–H and O–H groups in total. The number of carbonyl (C=O) groups excluding carboxylic acids is 1. The first-order valence-electron chi connectivity index (χ1n) is 9.60.